The molecule has 5 heteroatoms. The van der Waals surface area contributed by atoms with Gasteiger partial charge in [0.25, 0.3) is 0 Å². The van der Waals surface area contributed by atoms with Crippen molar-refractivity contribution in [3.05, 3.63) is 29.8 Å². The van der Waals surface area contributed by atoms with E-state index in [9.17, 15) is 4.79 Å². The van der Waals surface area contributed by atoms with Gasteiger partial charge in [0, 0.05) is 31.2 Å². The lowest BCUT2D eigenvalue weighted by molar-refractivity contribution is -0.118. The van der Waals surface area contributed by atoms with Gasteiger partial charge >= 0.3 is 0 Å². The van der Waals surface area contributed by atoms with E-state index in [2.05, 4.69) is 27.7 Å². The third-order valence-corrected chi connectivity index (χ3v) is 6.15. The number of piperidine rings is 1. The second kappa shape index (κ2) is 7.44. The van der Waals surface area contributed by atoms with E-state index >= 15 is 0 Å². The van der Waals surface area contributed by atoms with Crippen LogP contribution in [0.2, 0.25) is 0 Å². The van der Waals surface area contributed by atoms with E-state index in [0.717, 1.165) is 77.3 Å². The quantitative estimate of drug-likeness (QED) is 0.857. The molecule has 1 aromatic carbocycles. The Bertz CT molecular complexity index is 589. The van der Waals surface area contributed by atoms with Gasteiger partial charge in [-0.05, 0) is 61.9 Å². The molecular weight excluding hydrogens is 314 g/mol. The Morgan fingerprint density at radius 2 is 1.92 bits per heavy atom. The first kappa shape index (κ1) is 17.0. The normalized spacial score (nSPS) is 25.7. The predicted octanol–water partition coefficient (Wildman–Crippen LogP) is 1.89. The summed E-state index contributed by atoms with van der Waals surface area (Å²) >= 11 is 0. The molecule has 1 aromatic rings. The molecule has 3 aliphatic rings. The van der Waals surface area contributed by atoms with E-state index in [1.165, 1.54) is 5.56 Å². The minimum absolute atomic E-state index is 0.211. The van der Waals surface area contributed by atoms with Crippen LogP contribution >= 0.6 is 0 Å². The molecule has 1 spiro atoms. The molecule has 0 bridgehead atoms. The highest BCUT2D eigenvalue weighted by molar-refractivity contribution is 5.95. The van der Waals surface area contributed by atoms with Crippen LogP contribution < -0.4 is 10.6 Å². The lowest BCUT2D eigenvalue weighted by Gasteiger charge is -2.26. The molecule has 2 saturated heterocycles. The van der Waals surface area contributed by atoms with Crippen LogP contribution in [-0.4, -0.2) is 56.7 Å². The molecule has 2 aliphatic heterocycles. The molecule has 2 heterocycles. The molecule has 1 atom stereocenters. The van der Waals surface area contributed by atoms with E-state index in [0.29, 0.717) is 5.41 Å². The molecular formula is C20H29N3O2. The maximum absolute atomic E-state index is 12.5. The van der Waals surface area contributed by atoms with Crippen LogP contribution in [0.4, 0.5) is 5.69 Å². The van der Waals surface area contributed by atoms with Gasteiger partial charge < -0.3 is 15.4 Å². The second-order valence-electron chi connectivity index (χ2n) is 7.76. The van der Waals surface area contributed by atoms with Crippen molar-refractivity contribution in [1.82, 2.24) is 10.2 Å². The monoisotopic (exact) mass is 343 g/mol. The van der Waals surface area contributed by atoms with Gasteiger partial charge in [-0.2, -0.15) is 0 Å². The van der Waals surface area contributed by atoms with Crippen LogP contribution in [0.15, 0.2) is 24.3 Å². The first-order chi connectivity index (χ1) is 12.3. The summed E-state index contributed by atoms with van der Waals surface area (Å²) in [5, 5.41) is 6.51. The maximum atomic E-state index is 12.5. The topological polar surface area (TPSA) is 53.6 Å². The zero-order chi connectivity index (χ0) is 17.1. The molecule has 5 nitrogen and oxygen atoms in total. The minimum Gasteiger partial charge on any atom is -0.379 e. The number of rotatable bonds is 5. The van der Waals surface area contributed by atoms with Crippen LogP contribution in [-0.2, 0) is 16.0 Å². The van der Waals surface area contributed by atoms with Crippen LogP contribution in [0.1, 0.15) is 24.8 Å². The van der Waals surface area contributed by atoms with Gasteiger partial charge in [-0.25, -0.2) is 0 Å². The third kappa shape index (κ3) is 4.05. The zero-order valence-electron chi connectivity index (χ0n) is 14.9. The number of hydrogen-bond acceptors (Lipinski definition) is 4. The van der Waals surface area contributed by atoms with Crippen molar-refractivity contribution in [2.24, 2.45) is 11.3 Å². The summed E-state index contributed by atoms with van der Waals surface area (Å²) in [6, 6.07) is 8.38. The number of amides is 1. The molecule has 1 aliphatic carbocycles. The molecule has 0 radical (unpaired) electrons. The Labute approximate surface area is 150 Å². The van der Waals surface area contributed by atoms with Crippen molar-refractivity contribution in [3.8, 4) is 0 Å². The molecule has 2 N–H and O–H groups in total. The summed E-state index contributed by atoms with van der Waals surface area (Å²) in [5.74, 6) is 0.429. The number of carbonyl (C=O) groups excluding carboxylic acids is 1. The summed E-state index contributed by atoms with van der Waals surface area (Å²) in [5.41, 5.74) is 2.55. The highest BCUT2D eigenvalue weighted by Crippen LogP contribution is 2.58. The Hall–Kier alpha value is -1.43. The fourth-order valence-corrected chi connectivity index (χ4v) is 4.29. The fraction of sp³-hybridized carbons (Fsp3) is 0.650. The lowest BCUT2D eigenvalue weighted by atomic mass is 9.92. The zero-order valence-corrected chi connectivity index (χ0v) is 14.9. The lowest BCUT2D eigenvalue weighted by Crippen LogP contribution is -2.37. The van der Waals surface area contributed by atoms with E-state index in [1.807, 2.05) is 12.1 Å². The molecule has 25 heavy (non-hydrogen) atoms. The van der Waals surface area contributed by atoms with Crippen molar-refractivity contribution in [2.45, 2.75) is 25.7 Å². The average Bonchev–Trinajstić information content (AvgIpc) is 3.35. The number of anilines is 1. The Morgan fingerprint density at radius 1 is 1.20 bits per heavy atom. The van der Waals surface area contributed by atoms with E-state index in [4.69, 9.17) is 4.74 Å². The summed E-state index contributed by atoms with van der Waals surface area (Å²) in [4.78, 5) is 15.0. The highest BCUT2D eigenvalue weighted by atomic mass is 16.5. The SMILES string of the molecule is O=C(Nc1ccc(CCN2CCOCC2)cc1)C1CC12CCNCC2. The second-order valence-corrected chi connectivity index (χ2v) is 7.76. The van der Waals surface area contributed by atoms with Crippen molar-refractivity contribution in [2.75, 3.05) is 51.3 Å². The van der Waals surface area contributed by atoms with Gasteiger partial charge in [-0.3, -0.25) is 9.69 Å². The van der Waals surface area contributed by atoms with Gasteiger partial charge in [0.15, 0.2) is 0 Å². The summed E-state index contributed by atoms with van der Waals surface area (Å²) < 4.78 is 5.39. The van der Waals surface area contributed by atoms with Crippen molar-refractivity contribution >= 4 is 11.6 Å². The smallest absolute Gasteiger partial charge is 0.228 e. The van der Waals surface area contributed by atoms with Crippen molar-refractivity contribution in [3.63, 3.8) is 0 Å². The van der Waals surface area contributed by atoms with Crippen LogP contribution in [0, 0.1) is 11.3 Å². The van der Waals surface area contributed by atoms with E-state index in [-0.39, 0.29) is 11.8 Å². The van der Waals surface area contributed by atoms with Gasteiger partial charge in [-0.1, -0.05) is 12.1 Å². The van der Waals surface area contributed by atoms with Gasteiger partial charge in [0.05, 0.1) is 13.2 Å². The largest absolute Gasteiger partial charge is 0.379 e. The Morgan fingerprint density at radius 3 is 2.64 bits per heavy atom. The van der Waals surface area contributed by atoms with Gasteiger partial charge in [0.1, 0.15) is 0 Å². The Kier molecular flexibility index (Phi) is 5.06. The third-order valence-electron chi connectivity index (χ3n) is 6.15. The molecule has 136 valence electrons. The number of morpholine rings is 1. The highest BCUT2D eigenvalue weighted by Gasteiger charge is 2.57. The summed E-state index contributed by atoms with van der Waals surface area (Å²) in [7, 11) is 0. The molecule has 4 rings (SSSR count). The van der Waals surface area contributed by atoms with Crippen molar-refractivity contribution in [1.29, 1.82) is 0 Å². The number of nitrogens with one attached hydrogen (secondary N) is 2. The molecule has 1 unspecified atom stereocenters. The van der Waals surface area contributed by atoms with Crippen LogP contribution in [0.25, 0.3) is 0 Å². The number of hydrogen-bond donors (Lipinski definition) is 2. The predicted molar refractivity (Wildman–Crippen MR) is 98.7 cm³/mol. The van der Waals surface area contributed by atoms with Gasteiger partial charge in [-0.15, -0.1) is 0 Å². The van der Waals surface area contributed by atoms with Gasteiger partial charge in [0.2, 0.25) is 5.91 Å². The first-order valence-corrected chi connectivity index (χ1v) is 9.66. The summed E-state index contributed by atoms with van der Waals surface area (Å²) in [6.07, 6.45) is 4.40. The van der Waals surface area contributed by atoms with E-state index < -0.39 is 0 Å². The first-order valence-electron chi connectivity index (χ1n) is 9.66. The summed E-state index contributed by atoms with van der Waals surface area (Å²) in [6.45, 7) is 6.96. The number of benzene rings is 1. The molecule has 1 amide bonds. The number of carbonyl (C=O) groups is 1. The maximum Gasteiger partial charge on any atom is 0.228 e. The van der Waals surface area contributed by atoms with E-state index in [1.54, 1.807) is 0 Å². The molecule has 3 fully saturated rings. The number of ether oxygens (including phenoxy) is 1. The standard InChI is InChI=1S/C20H29N3O2/c24-19(18-15-20(18)6-8-21-9-7-20)22-17-3-1-16(2-4-17)5-10-23-11-13-25-14-12-23/h1-4,18,21H,5-15H2,(H,22,24). The number of nitrogens with zero attached hydrogens (tertiary/aromatic N) is 1. The average molecular weight is 343 g/mol. The molecule has 1 saturated carbocycles. The van der Waals surface area contributed by atoms with Crippen LogP contribution in [0.3, 0.4) is 0 Å². The fourth-order valence-electron chi connectivity index (χ4n) is 4.29. The Balaban J connectivity index is 1.25. The minimum atomic E-state index is 0.211. The van der Waals surface area contributed by atoms with Crippen molar-refractivity contribution < 1.29 is 9.53 Å². The van der Waals surface area contributed by atoms with Crippen LogP contribution in [0.5, 0.6) is 0 Å². The molecule has 0 aromatic heterocycles.